The van der Waals surface area contributed by atoms with E-state index >= 15 is 0 Å². The highest BCUT2D eigenvalue weighted by Crippen LogP contribution is 2.34. The van der Waals surface area contributed by atoms with Crippen molar-refractivity contribution in [3.63, 3.8) is 0 Å². The average molecular weight is 502 g/mol. The smallest absolute Gasteiger partial charge is 0.275 e. The van der Waals surface area contributed by atoms with Gasteiger partial charge in [0.25, 0.3) is 11.8 Å². The summed E-state index contributed by atoms with van der Waals surface area (Å²) in [5.74, 6) is 0.0543. The van der Waals surface area contributed by atoms with Gasteiger partial charge in [-0.2, -0.15) is 0 Å². The van der Waals surface area contributed by atoms with Crippen LogP contribution in [-0.4, -0.2) is 48.0 Å². The van der Waals surface area contributed by atoms with Gasteiger partial charge in [-0.05, 0) is 37.1 Å². The first-order valence-electron chi connectivity index (χ1n) is 10.9. The molecular weight excluding hydrogens is 481 g/mol. The molecule has 7 nitrogen and oxygen atoms in total. The number of hydrogen-bond donors (Lipinski definition) is 1. The first-order valence-corrected chi connectivity index (χ1v) is 12.1. The van der Waals surface area contributed by atoms with Crippen molar-refractivity contribution in [2.45, 2.75) is 18.8 Å². The third kappa shape index (κ3) is 4.58. The van der Waals surface area contributed by atoms with E-state index in [9.17, 15) is 14.0 Å². The predicted molar refractivity (Wildman–Crippen MR) is 127 cm³/mol. The molecule has 0 spiro atoms. The van der Waals surface area contributed by atoms with Gasteiger partial charge in [-0.3, -0.25) is 9.59 Å². The normalized spacial score (nSPS) is 15.8. The number of carbonyl (C=O) groups is 2. The minimum atomic E-state index is -0.617. The lowest BCUT2D eigenvalue weighted by Crippen LogP contribution is -2.38. The van der Waals surface area contributed by atoms with Gasteiger partial charge in [-0.15, -0.1) is 11.3 Å². The third-order valence-electron chi connectivity index (χ3n) is 5.86. The molecule has 2 aromatic carbocycles. The molecule has 10 heteroatoms. The molecule has 1 saturated heterocycles. The van der Waals surface area contributed by atoms with E-state index in [0.29, 0.717) is 62.0 Å². The SMILES string of the molecule is O=C(Nc1ccc2c(c1)OCCO2)c1csc(C2CCN(C(=O)c3c(F)cccc3Cl)CC2)n1. The molecule has 0 saturated carbocycles. The van der Waals surface area contributed by atoms with E-state index in [1.54, 1.807) is 28.5 Å². The van der Waals surface area contributed by atoms with Gasteiger partial charge in [0.2, 0.25) is 0 Å². The summed E-state index contributed by atoms with van der Waals surface area (Å²) in [6.45, 7) is 1.90. The van der Waals surface area contributed by atoms with Crippen molar-refractivity contribution in [1.29, 1.82) is 0 Å². The first-order chi connectivity index (χ1) is 16.5. The van der Waals surface area contributed by atoms with E-state index in [2.05, 4.69) is 10.3 Å². The molecule has 3 heterocycles. The van der Waals surface area contributed by atoms with Gasteiger partial charge in [0.1, 0.15) is 24.7 Å². The maximum Gasteiger partial charge on any atom is 0.275 e. The summed E-state index contributed by atoms with van der Waals surface area (Å²) >= 11 is 7.47. The number of amides is 2. The van der Waals surface area contributed by atoms with Crippen LogP contribution in [0.25, 0.3) is 0 Å². The lowest BCUT2D eigenvalue weighted by atomic mass is 9.97. The number of carbonyl (C=O) groups excluding carboxylic acids is 2. The van der Waals surface area contributed by atoms with E-state index in [-0.39, 0.29) is 22.4 Å². The summed E-state index contributed by atoms with van der Waals surface area (Å²) in [5.41, 5.74) is 0.851. The zero-order valence-electron chi connectivity index (χ0n) is 18.1. The molecule has 34 heavy (non-hydrogen) atoms. The van der Waals surface area contributed by atoms with Crippen LogP contribution in [0.3, 0.4) is 0 Å². The highest BCUT2D eigenvalue weighted by molar-refractivity contribution is 7.10. The number of ether oxygens (including phenoxy) is 2. The number of hydrogen-bond acceptors (Lipinski definition) is 6. The Kier molecular flexibility index (Phi) is 6.38. The largest absolute Gasteiger partial charge is 0.486 e. The fraction of sp³-hybridized carbons (Fsp3) is 0.292. The number of nitrogens with zero attached hydrogens (tertiary/aromatic N) is 2. The average Bonchev–Trinajstić information content (AvgIpc) is 3.34. The maximum atomic E-state index is 14.1. The lowest BCUT2D eigenvalue weighted by molar-refractivity contribution is 0.0708. The molecule has 3 aromatic rings. The van der Waals surface area contributed by atoms with Crippen LogP contribution in [0, 0.1) is 5.82 Å². The van der Waals surface area contributed by atoms with Gasteiger partial charge in [-0.1, -0.05) is 17.7 Å². The number of benzene rings is 2. The minimum Gasteiger partial charge on any atom is -0.486 e. The van der Waals surface area contributed by atoms with Crippen LogP contribution in [0.4, 0.5) is 10.1 Å². The van der Waals surface area contributed by atoms with E-state index in [0.717, 1.165) is 5.01 Å². The Hall–Kier alpha value is -3.17. The van der Waals surface area contributed by atoms with Crippen LogP contribution < -0.4 is 14.8 Å². The molecule has 2 aliphatic rings. The van der Waals surface area contributed by atoms with Crippen LogP contribution in [0.2, 0.25) is 5.02 Å². The minimum absolute atomic E-state index is 0.0880. The number of anilines is 1. The fourth-order valence-electron chi connectivity index (χ4n) is 4.09. The van der Waals surface area contributed by atoms with Crippen molar-refractivity contribution in [3.05, 3.63) is 68.9 Å². The van der Waals surface area contributed by atoms with Gasteiger partial charge >= 0.3 is 0 Å². The second kappa shape index (κ2) is 9.60. The van der Waals surface area contributed by atoms with Crippen LogP contribution in [0.15, 0.2) is 41.8 Å². The molecule has 5 rings (SSSR count). The zero-order chi connectivity index (χ0) is 23.7. The van der Waals surface area contributed by atoms with Crippen LogP contribution in [0.5, 0.6) is 11.5 Å². The van der Waals surface area contributed by atoms with E-state index in [1.807, 2.05) is 0 Å². The lowest BCUT2D eigenvalue weighted by Gasteiger charge is -2.31. The molecule has 1 aromatic heterocycles. The summed E-state index contributed by atoms with van der Waals surface area (Å²) in [4.78, 5) is 31.6. The Morgan fingerprint density at radius 2 is 1.88 bits per heavy atom. The third-order valence-corrected chi connectivity index (χ3v) is 7.18. The van der Waals surface area contributed by atoms with Crippen molar-refractivity contribution < 1.29 is 23.5 Å². The molecule has 1 fully saturated rings. The summed E-state index contributed by atoms with van der Waals surface area (Å²) in [6, 6.07) is 9.48. The molecular formula is C24H21ClFN3O4S. The monoisotopic (exact) mass is 501 g/mol. The topological polar surface area (TPSA) is 80.8 Å². The fourth-order valence-corrected chi connectivity index (χ4v) is 5.30. The number of aromatic nitrogens is 1. The second-order valence-electron chi connectivity index (χ2n) is 8.05. The number of thiazole rings is 1. The maximum absolute atomic E-state index is 14.1. The van der Waals surface area contributed by atoms with Gasteiger partial charge in [0.05, 0.1) is 15.6 Å². The highest BCUT2D eigenvalue weighted by Gasteiger charge is 2.29. The van der Waals surface area contributed by atoms with E-state index in [4.69, 9.17) is 21.1 Å². The number of rotatable bonds is 4. The van der Waals surface area contributed by atoms with E-state index in [1.165, 1.54) is 29.5 Å². The van der Waals surface area contributed by atoms with Crippen molar-refractivity contribution >= 4 is 40.4 Å². The van der Waals surface area contributed by atoms with Gasteiger partial charge in [0.15, 0.2) is 11.5 Å². The Labute approximate surface area is 204 Å². The number of likely N-dealkylation sites (tertiary alicyclic amines) is 1. The molecule has 0 radical (unpaired) electrons. The number of halogens is 2. The second-order valence-corrected chi connectivity index (χ2v) is 9.34. The predicted octanol–water partition coefficient (Wildman–Crippen LogP) is 4.98. The standard InChI is InChI=1S/C24H21ClFN3O4S/c25-16-2-1-3-17(26)21(16)24(31)29-8-6-14(7-9-29)23-28-18(13-34-23)22(30)27-15-4-5-19-20(12-15)33-11-10-32-19/h1-5,12-14H,6-11H2,(H,27,30). The van der Waals surface area contributed by atoms with Crippen molar-refractivity contribution in [3.8, 4) is 11.5 Å². The molecule has 0 aliphatic carbocycles. The molecule has 2 amide bonds. The Morgan fingerprint density at radius 1 is 1.12 bits per heavy atom. The Bertz CT molecular complexity index is 1220. The summed E-state index contributed by atoms with van der Waals surface area (Å²) < 4.78 is 25.2. The number of nitrogens with one attached hydrogen (secondary N) is 1. The van der Waals surface area contributed by atoms with Gasteiger partial charge in [-0.25, -0.2) is 9.37 Å². The van der Waals surface area contributed by atoms with Crippen molar-refractivity contribution in [2.24, 2.45) is 0 Å². The number of fused-ring (bicyclic) bond motifs is 1. The molecule has 0 atom stereocenters. The molecule has 1 N–H and O–H groups in total. The Morgan fingerprint density at radius 3 is 2.65 bits per heavy atom. The van der Waals surface area contributed by atoms with Crippen LogP contribution in [-0.2, 0) is 0 Å². The van der Waals surface area contributed by atoms with Crippen LogP contribution in [0.1, 0.15) is 44.6 Å². The summed E-state index contributed by atoms with van der Waals surface area (Å²) in [6.07, 6.45) is 1.35. The quantitative estimate of drug-likeness (QED) is 0.545. The van der Waals surface area contributed by atoms with E-state index < -0.39 is 11.7 Å². The van der Waals surface area contributed by atoms with Gasteiger partial charge < -0.3 is 19.7 Å². The number of piperidine rings is 1. The molecule has 2 aliphatic heterocycles. The van der Waals surface area contributed by atoms with Gasteiger partial charge in [0, 0.05) is 36.1 Å². The van der Waals surface area contributed by atoms with Crippen LogP contribution >= 0.6 is 22.9 Å². The zero-order valence-corrected chi connectivity index (χ0v) is 19.6. The summed E-state index contributed by atoms with van der Waals surface area (Å²) in [5, 5.41) is 5.54. The molecule has 0 unspecified atom stereocenters. The molecule has 0 bridgehead atoms. The molecule has 176 valence electrons. The highest BCUT2D eigenvalue weighted by atomic mass is 35.5. The first kappa shape index (κ1) is 22.6. The Balaban J connectivity index is 1.20. The van der Waals surface area contributed by atoms with Crippen molar-refractivity contribution in [2.75, 3.05) is 31.6 Å². The summed E-state index contributed by atoms with van der Waals surface area (Å²) in [7, 11) is 0. The van der Waals surface area contributed by atoms with Crippen molar-refractivity contribution in [1.82, 2.24) is 9.88 Å².